The molecule has 0 bridgehead atoms. The molecule has 2 aromatic rings. The monoisotopic (exact) mass is 309 g/mol. The van der Waals surface area contributed by atoms with Crippen molar-refractivity contribution in [2.75, 3.05) is 4.72 Å². The molecular formula is C13H15N3O4S. The first-order chi connectivity index (χ1) is 9.78. The topological polar surface area (TPSA) is 112 Å². The molecule has 0 aliphatic carbocycles. The number of aromatic amines is 1. The Balaban J connectivity index is 2.14. The Morgan fingerprint density at radius 1 is 1.29 bits per heavy atom. The highest BCUT2D eigenvalue weighted by Gasteiger charge is 2.16. The minimum absolute atomic E-state index is 0.114. The molecule has 0 atom stereocenters. The zero-order chi connectivity index (χ0) is 15.6. The first-order valence-corrected chi connectivity index (χ1v) is 7.78. The predicted octanol–water partition coefficient (Wildman–Crippen LogP) is 1.67. The highest BCUT2D eigenvalue weighted by Crippen LogP contribution is 2.17. The van der Waals surface area contributed by atoms with Gasteiger partial charge in [-0.2, -0.15) is 5.10 Å². The van der Waals surface area contributed by atoms with Crippen molar-refractivity contribution in [1.29, 1.82) is 0 Å². The van der Waals surface area contributed by atoms with E-state index in [1.165, 1.54) is 24.3 Å². The summed E-state index contributed by atoms with van der Waals surface area (Å²) in [5.41, 5.74) is 2.14. The fourth-order valence-corrected chi connectivity index (χ4v) is 2.93. The molecule has 1 aromatic heterocycles. The first-order valence-electron chi connectivity index (χ1n) is 6.13. The van der Waals surface area contributed by atoms with E-state index in [1.807, 2.05) is 0 Å². The summed E-state index contributed by atoms with van der Waals surface area (Å²) in [6.07, 6.45) is 0. The Kier molecular flexibility index (Phi) is 3.99. The number of rotatable bonds is 5. The molecule has 21 heavy (non-hydrogen) atoms. The smallest absolute Gasteiger partial charge is 0.335 e. The summed E-state index contributed by atoms with van der Waals surface area (Å²) in [4.78, 5) is 10.7. The molecule has 0 saturated heterocycles. The minimum atomic E-state index is -3.61. The molecule has 1 aromatic carbocycles. The van der Waals surface area contributed by atoms with Crippen molar-refractivity contribution < 1.29 is 18.3 Å². The van der Waals surface area contributed by atoms with E-state index in [1.54, 1.807) is 13.8 Å². The number of benzene rings is 1. The van der Waals surface area contributed by atoms with E-state index in [-0.39, 0.29) is 17.1 Å². The summed E-state index contributed by atoms with van der Waals surface area (Å²) in [5.74, 6) is -1.03. The highest BCUT2D eigenvalue weighted by molar-refractivity contribution is 7.91. The number of carbonyl (C=O) groups is 1. The van der Waals surface area contributed by atoms with Crippen LogP contribution in [0, 0.1) is 13.8 Å². The molecule has 1 heterocycles. The van der Waals surface area contributed by atoms with Crippen LogP contribution in [0.5, 0.6) is 0 Å². The number of carboxylic acid groups (broad SMARTS) is 1. The number of carboxylic acids is 1. The highest BCUT2D eigenvalue weighted by atomic mass is 32.2. The van der Waals surface area contributed by atoms with Crippen molar-refractivity contribution in [3.63, 3.8) is 0 Å². The maximum Gasteiger partial charge on any atom is 0.335 e. The van der Waals surface area contributed by atoms with E-state index < -0.39 is 16.0 Å². The average molecular weight is 309 g/mol. The Morgan fingerprint density at radius 2 is 1.90 bits per heavy atom. The standard InChI is InChI=1S/C13H15N3O4S/c1-8-9(2)14-15-12(8)16-21(19,20)7-10-3-5-11(6-4-10)13(17)18/h3-6H,7H2,1-2H3,(H,17,18)(H2,14,15,16). The lowest BCUT2D eigenvalue weighted by atomic mass is 10.1. The van der Waals surface area contributed by atoms with E-state index >= 15 is 0 Å². The van der Waals surface area contributed by atoms with E-state index in [0.717, 1.165) is 11.3 Å². The first kappa shape index (κ1) is 15.0. The van der Waals surface area contributed by atoms with Gasteiger partial charge in [0.25, 0.3) is 0 Å². The van der Waals surface area contributed by atoms with Gasteiger partial charge in [0.2, 0.25) is 10.0 Å². The molecule has 0 aliphatic rings. The molecule has 2 rings (SSSR count). The second kappa shape index (κ2) is 5.57. The van der Waals surface area contributed by atoms with Crippen molar-refractivity contribution in [1.82, 2.24) is 10.2 Å². The molecule has 0 aliphatic heterocycles. The van der Waals surface area contributed by atoms with Crippen LogP contribution < -0.4 is 4.72 Å². The summed E-state index contributed by atoms with van der Waals surface area (Å²) in [7, 11) is -3.61. The molecule has 3 N–H and O–H groups in total. The lowest BCUT2D eigenvalue weighted by Crippen LogP contribution is -2.16. The quantitative estimate of drug-likeness (QED) is 0.777. The fraction of sp³-hybridized carbons (Fsp3) is 0.231. The summed E-state index contributed by atoms with van der Waals surface area (Å²) >= 11 is 0. The van der Waals surface area contributed by atoms with Crippen molar-refractivity contribution in [3.05, 3.63) is 46.6 Å². The van der Waals surface area contributed by atoms with Gasteiger partial charge in [0.15, 0.2) is 5.82 Å². The van der Waals surface area contributed by atoms with Crippen LogP contribution in [0.25, 0.3) is 0 Å². The molecule has 0 amide bonds. The Hall–Kier alpha value is -2.35. The van der Waals surface area contributed by atoms with Crippen molar-refractivity contribution in [2.24, 2.45) is 0 Å². The summed E-state index contributed by atoms with van der Waals surface area (Å²) < 4.78 is 26.5. The van der Waals surface area contributed by atoms with Gasteiger partial charge in [0, 0.05) is 11.3 Å². The molecule has 0 radical (unpaired) electrons. The maximum absolute atomic E-state index is 12.1. The van der Waals surface area contributed by atoms with Gasteiger partial charge in [-0.3, -0.25) is 9.82 Å². The van der Waals surface area contributed by atoms with Gasteiger partial charge in [-0.1, -0.05) is 12.1 Å². The van der Waals surface area contributed by atoms with Crippen LogP contribution in [0.1, 0.15) is 27.2 Å². The third-order valence-corrected chi connectivity index (χ3v) is 4.28. The second-order valence-corrected chi connectivity index (χ2v) is 6.41. The van der Waals surface area contributed by atoms with Gasteiger partial charge in [0.1, 0.15) is 0 Å². The van der Waals surface area contributed by atoms with Gasteiger partial charge in [0.05, 0.1) is 11.3 Å². The van der Waals surface area contributed by atoms with Crippen LogP contribution in [0.3, 0.4) is 0 Å². The lowest BCUT2D eigenvalue weighted by Gasteiger charge is -2.07. The number of anilines is 1. The number of aromatic nitrogens is 2. The van der Waals surface area contributed by atoms with E-state index in [0.29, 0.717) is 5.56 Å². The number of H-pyrrole nitrogens is 1. The molecule has 7 nitrogen and oxygen atoms in total. The fourth-order valence-electron chi connectivity index (χ4n) is 1.73. The Morgan fingerprint density at radius 3 is 2.38 bits per heavy atom. The zero-order valence-corrected chi connectivity index (χ0v) is 12.4. The average Bonchev–Trinajstić information content (AvgIpc) is 2.70. The van der Waals surface area contributed by atoms with Crippen LogP contribution in [0.2, 0.25) is 0 Å². The number of nitrogens with zero attached hydrogens (tertiary/aromatic N) is 1. The lowest BCUT2D eigenvalue weighted by molar-refractivity contribution is 0.0697. The molecule has 0 unspecified atom stereocenters. The third-order valence-electron chi connectivity index (χ3n) is 3.06. The van der Waals surface area contributed by atoms with E-state index in [4.69, 9.17) is 5.11 Å². The number of sulfonamides is 1. The van der Waals surface area contributed by atoms with Crippen LogP contribution >= 0.6 is 0 Å². The van der Waals surface area contributed by atoms with Crippen molar-refractivity contribution in [2.45, 2.75) is 19.6 Å². The maximum atomic E-state index is 12.1. The summed E-state index contributed by atoms with van der Waals surface area (Å²) in [6, 6.07) is 5.70. The molecule has 0 saturated carbocycles. The van der Waals surface area contributed by atoms with Gasteiger partial charge >= 0.3 is 5.97 Å². The van der Waals surface area contributed by atoms with Crippen molar-refractivity contribution >= 4 is 21.8 Å². The minimum Gasteiger partial charge on any atom is -0.478 e. The number of nitrogens with one attached hydrogen (secondary N) is 2. The predicted molar refractivity (Wildman–Crippen MR) is 77.7 cm³/mol. The number of aromatic carboxylic acids is 1. The molecule has 112 valence electrons. The van der Waals surface area contributed by atoms with Gasteiger partial charge in [-0.05, 0) is 31.5 Å². The van der Waals surface area contributed by atoms with Gasteiger partial charge < -0.3 is 5.11 Å². The SMILES string of the molecule is Cc1[nH]nc(NS(=O)(=O)Cc2ccc(C(=O)O)cc2)c1C. The van der Waals surface area contributed by atoms with Crippen LogP contribution in [-0.4, -0.2) is 29.7 Å². The van der Waals surface area contributed by atoms with Crippen molar-refractivity contribution in [3.8, 4) is 0 Å². The van der Waals surface area contributed by atoms with Gasteiger partial charge in [-0.25, -0.2) is 13.2 Å². The van der Waals surface area contributed by atoms with E-state index in [9.17, 15) is 13.2 Å². The van der Waals surface area contributed by atoms with Crippen LogP contribution in [0.4, 0.5) is 5.82 Å². The van der Waals surface area contributed by atoms with Gasteiger partial charge in [-0.15, -0.1) is 0 Å². The summed E-state index contributed by atoms with van der Waals surface area (Å²) in [6.45, 7) is 3.56. The molecule has 8 heteroatoms. The molecule has 0 spiro atoms. The normalized spacial score (nSPS) is 11.3. The Labute approximate surface area is 122 Å². The van der Waals surface area contributed by atoms with Crippen LogP contribution in [-0.2, 0) is 15.8 Å². The van der Waals surface area contributed by atoms with Crippen LogP contribution in [0.15, 0.2) is 24.3 Å². The molecule has 0 fully saturated rings. The number of hydrogen-bond acceptors (Lipinski definition) is 4. The second-order valence-electron chi connectivity index (χ2n) is 4.69. The zero-order valence-electron chi connectivity index (χ0n) is 11.5. The largest absolute Gasteiger partial charge is 0.478 e. The summed E-state index contributed by atoms with van der Waals surface area (Å²) in [5, 5.41) is 15.4. The van der Waals surface area contributed by atoms with E-state index in [2.05, 4.69) is 14.9 Å². The number of hydrogen-bond donors (Lipinski definition) is 3. The molecular weight excluding hydrogens is 294 g/mol. The number of aryl methyl sites for hydroxylation is 1. The third kappa shape index (κ3) is 3.60. The Bertz CT molecular complexity index is 763.